The van der Waals surface area contributed by atoms with Gasteiger partial charge in [-0.25, -0.2) is 4.68 Å². The molecule has 1 heterocycles. The molecule has 6 nitrogen and oxygen atoms in total. The van der Waals surface area contributed by atoms with Crippen molar-refractivity contribution in [1.82, 2.24) is 9.78 Å². The van der Waals surface area contributed by atoms with Crippen LogP contribution in [0.1, 0.15) is 40.2 Å². The molecule has 0 spiro atoms. The monoisotopic (exact) mass is 445 g/mol. The molecule has 0 saturated carbocycles. The zero-order chi connectivity index (χ0) is 22.9. The lowest BCUT2D eigenvalue weighted by atomic mass is 9.95. The number of methoxy groups -OCH3 is 2. The number of halogens is 3. The van der Waals surface area contributed by atoms with Crippen molar-refractivity contribution in [2.45, 2.75) is 31.9 Å². The molecule has 0 radical (unpaired) electrons. The van der Waals surface area contributed by atoms with Gasteiger partial charge in [0, 0.05) is 22.9 Å². The van der Waals surface area contributed by atoms with E-state index in [9.17, 15) is 18.0 Å². The van der Waals surface area contributed by atoms with Crippen LogP contribution in [0.15, 0.2) is 42.5 Å². The molecule has 4 rings (SSSR count). The Morgan fingerprint density at radius 3 is 2.41 bits per heavy atom. The maximum absolute atomic E-state index is 13.4. The highest BCUT2D eigenvalue weighted by Crippen LogP contribution is 2.37. The number of ether oxygens (including phenoxy) is 2. The van der Waals surface area contributed by atoms with E-state index in [1.54, 1.807) is 42.5 Å². The summed E-state index contributed by atoms with van der Waals surface area (Å²) in [6, 6.07) is 11.3. The number of fused-ring (bicyclic) bond motifs is 1. The average molecular weight is 445 g/mol. The first-order chi connectivity index (χ1) is 15.3. The quantitative estimate of drug-likeness (QED) is 0.598. The third-order valence-electron chi connectivity index (χ3n) is 5.48. The number of nitrogens with zero attached hydrogens (tertiary/aromatic N) is 2. The van der Waals surface area contributed by atoms with Gasteiger partial charge in [-0.3, -0.25) is 4.79 Å². The summed E-state index contributed by atoms with van der Waals surface area (Å²) >= 11 is 0. The van der Waals surface area contributed by atoms with Gasteiger partial charge in [0.25, 0.3) is 5.91 Å². The van der Waals surface area contributed by atoms with Crippen molar-refractivity contribution in [1.29, 1.82) is 0 Å². The van der Waals surface area contributed by atoms with Crippen molar-refractivity contribution in [3.8, 4) is 17.2 Å². The fourth-order valence-corrected chi connectivity index (χ4v) is 3.90. The predicted octanol–water partition coefficient (Wildman–Crippen LogP) is 5.04. The van der Waals surface area contributed by atoms with Crippen LogP contribution in [0.3, 0.4) is 0 Å². The maximum Gasteiger partial charge on any atom is 0.435 e. The van der Waals surface area contributed by atoms with Crippen LogP contribution >= 0.6 is 0 Å². The van der Waals surface area contributed by atoms with Crippen molar-refractivity contribution in [3.05, 3.63) is 65.0 Å². The summed E-state index contributed by atoms with van der Waals surface area (Å²) in [4.78, 5) is 12.7. The van der Waals surface area contributed by atoms with Crippen LogP contribution in [0.2, 0.25) is 0 Å². The van der Waals surface area contributed by atoms with Crippen molar-refractivity contribution in [2.24, 2.45) is 0 Å². The molecule has 32 heavy (non-hydrogen) atoms. The fraction of sp³-hybridized carbons (Fsp3) is 0.304. The van der Waals surface area contributed by atoms with Gasteiger partial charge in [-0.05, 0) is 62.1 Å². The zero-order valence-electron chi connectivity index (χ0n) is 17.6. The minimum absolute atomic E-state index is 0.274. The highest BCUT2D eigenvalue weighted by Gasteiger charge is 2.39. The Morgan fingerprint density at radius 1 is 1.03 bits per heavy atom. The van der Waals surface area contributed by atoms with Crippen molar-refractivity contribution < 1.29 is 27.4 Å². The number of aromatic nitrogens is 2. The number of alkyl halides is 3. The Hall–Kier alpha value is -3.49. The summed E-state index contributed by atoms with van der Waals surface area (Å²) < 4.78 is 52.1. The van der Waals surface area contributed by atoms with E-state index >= 15 is 0 Å². The minimum Gasteiger partial charge on any atom is -0.497 e. The van der Waals surface area contributed by atoms with Crippen molar-refractivity contribution in [2.75, 3.05) is 19.5 Å². The maximum atomic E-state index is 13.4. The molecule has 1 aliphatic carbocycles. The highest BCUT2D eigenvalue weighted by atomic mass is 19.4. The van der Waals surface area contributed by atoms with E-state index in [2.05, 4.69) is 10.4 Å². The van der Waals surface area contributed by atoms with E-state index in [1.807, 2.05) is 0 Å². The normalized spacial score (nSPS) is 13.4. The van der Waals surface area contributed by atoms with Gasteiger partial charge in [0.15, 0.2) is 5.69 Å². The Labute approximate surface area is 183 Å². The molecule has 168 valence electrons. The summed E-state index contributed by atoms with van der Waals surface area (Å²) in [5.74, 6) is 0.639. The standard InChI is InChI=1S/C23H22F3N3O3/c1-31-16-11-12-20(32-2)18(13-16)27-22(30)14-7-9-15(10-8-14)29-19-6-4-3-5-17(19)21(28-29)23(24,25)26/h7-13H,3-6H2,1-2H3,(H,27,30). The van der Waals surface area contributed by atoms with E-state index in [0.717, 1.165) is 6.42 Å². The summed E-state index contributed by atoms with van der Waals surface area (Å²) in [6.07, 6.45) is -2.06. The number of hydrogen-bond acceptors (Lipinski definition) is 4. The smallest absolute Gasteiger partial charge is 0.435 e. The van der Waals surface area contributed by atoms with Crippen LogP contribution in [0, 0.1) is 0 Å². The summed E-state index contributed by atoms with van der Waals surface area (Å²) in [7, 11) is 3.01. The molecule has 0 fully saturated rings. The molecule has 1 aliphatic rings. The number of anilines is 1. The Morgan fingerprint density at radius 2 is 1.75 bits per heavy atom. The van der Waals surface area contributed by atoms with Gasteiger partial charge in [0.1, 0.15) is 11.5 Å². The van der Waals surface area contributed by atoms with Gasteiger partial charge < -0.3 is 14.8 Å². The molecule has 0 saturated heterocycles. The first kappa shape index (κ1) is 21.7. The number of carbonyl (C=O) groups is 1. The largest absolute Gasteiger partial charge is 0.497 e. The number of carbonyl (C=O) groups excluding carboxylic acids is 1. The number of amides is 1. The predicted molar refractivity (Wildman–Crippen MR) is 113 cm³/mol. The van der Waals surface area contributed by atoms with Gasteiger partial charge >= 0.3 is 6.18 Å². The first-order valence-electron chi connectivity index (χ1n) is 10.1. The molecule has 3 aromatic rings. The summed E-state index contributed by atoms with van der Waals surface area (Å²) in [5, 5.41) is 6.65. The molecule has 1 aromatic heterocycles. The number of hydrogen-bond donors (Lipinski definition) is 1. The van der Waals surface area contributed by atoms with E-state index in [0.29, 0.717) is 53.4 Å². The second-order valence-corrected chi connectivity index (χ2v) is 7.46. The number of nitrogens with one attached hydrogen (secondary N) is 1. The lowest BCUT2D eigenvalue weighted by molar-refractivity contribution is -0.142. The summed E-state index contributed by atoms with van der Waals surface area (Å²) in [5.41, 5.74) is 1.30. The molecule has 2 aromatic carbocycles. The lowest BCUT2D eigenvalue weighted by Crippen LogP contribution is -2.13. The fourth-order valence-electron chi connectivity index (χ4n) is 3.90. The molecule has 0 aliphatic heterocycles. The van der Waals surface area contributed by atoms with Gasteiger partial charge in [-0.2, -0.15) is 18.3 Å². The van der Waals surface area contributed by atoms with Crippen molar-refractivity contribution in [3.63, 3.8) is 0 Å². The Bertz CT molecular complexity index is 1140. The second-order valence-electron chi connectivity index (χ2n) is 7.46. The Kier molecular flexibility index (Phi) is 5.82. The minimum atomic E-state index is -4.50. The average Bonchev–Trinajstić information content (AvgIpc) is 3.19. The van der Waals surface area contributed by atoms with Crippen LogP contribution in [0.25, 0.3) is 5.69 Å². The van der Waals surface area contributed by atoms with Crippen LogP contribution < -0.4 is 14.8 Å². The molecule has 0 unspecified atom stereocenters. The zero-order valence-corrected chi connectivity index (χ0v) is 17.6. The first-order valence-corrected chi connectivity index (χ1v) is 10.1. The van der Waals surface area contributed by atoms with Gasteiger partial charge in [0.05, 0.1) is 25.6 Å². The molecular weight excluding hydrogens is 423 g/mol. The topological polar surface area (TPSA) is 65.4 Å². The SMILES string of the molecule is COc1ccc(OC)c(NC(=O)c2ccc(-n3nc(C(F)(F)F)c4c3CCCC4)cc2)c1. The van der Waals surface area contributed by atoms with Crippen LogP contribution in [-0.4, -0.2) is 29.9 Å². The number of benzene rings is 2. The molecule has 0 atom stereocenters. The molecule has 9 heteroatoms. The van der Waals surface area contributed by atoms with Crippen LogP contribution in [-0.2, 0) is 19.0 Å². The molecular formula is C23H22F3N3O3. The lowest BCUT2D eigenvalue weighted by Gasteiger charge is -2.15. The number of rotatable bonds is 5. The third-order valence-corrected chi connectivity index (χ3v) is 5.48. The van der Waals surface area contributed by atoms with Gasteiger partial charge in [-0.1, -0.05) is 0 Å². The molecule has 1 amide bonds. The summed E-state index contributed by atoms with van der Waals surface area (Å²) in [6.45, 7) is 0. The Balaban J connectivity index is 1.61. The van der Waals surface area contributed by atoms with E-state index in [1.165, 1.54) is 18.9 Å². The van der Waals surface area contributed by atoms with Crippen LogP contribution in [0.4, 0.5) is 18.9 Å². The van der Waals surface area contributed by atoms with Gasteiger partial charge in [0.2, 0.25) is 0 Å². The van der Waals surface area contributed by atoms with E-state index in [-0.39, 0.29) is 11.5 Å². The second kappa shape index (κ2) is 8.57. The highest BCUT2D eigenvalue weighted by molar-refractivity contribution is 6.05. The van der Waals surface area contributed by atoms with E-state index < -0.39 is 11.9 Å². The molecule has 0 bridgehead atoms. The van der Waals surface area contributed by atoms with Crippen LogP contribution in [0.5, 0.6) is 11.5 Å². The van der Waals surface area contributed by atoms with Gasteiger partial charge in [-0.15, -0.1) is 0 Å². The molecule has 1 N–H and O–H groups in total. The third kappa shape index (κ3) is 4.15. The van der Waals surface area contributed by atoms with Crippen molar-refractivity contribution >= 4 is 11.6 Å². The van der Waals surface area contributed by atoms with E-state index in [4.69, 9.17) is 9.47 Å².